The van der Waals surface area contributed by atoms with Gasteiger partial charge in [-0.1, -0.05) is 79.7 Å². The van der Waals surface area contributed by atoms with E-state index in [0.29, 0.717) is 10.8 Å². The molecule has 58 heavy (non-hydrogen) atoms. The molecule has 5 aromatic carbocycles. The van der Waals surface area contributed by atoms with Gasteiger partial charge in [-0.3, -0.25) is 0 Å². The molecule has 0 bridgehead atoms. The van der Waals surface area contributed by atoms with Gasteiger partial charge in [-0.15, -0.1) is 22.7 Å². The van der Waals surface area contributed by atoms with Gasteiger partial charge in [-0.25, -0.2) is 0 Å². The van der Waals surface area contributed by atoms with E-state index in [1.165, 1.54) is 104 Å². The second kappa shape index (κ2) is 11.5. The molecule has 0 unspecified atom stereocenters. The van der Waals surface area contributed by atoms with E-state index in [1.807, 2.05) is 0 Å². The Morgan fingerprint density at radius 3 is 1.53 bits per heavy atom. The maximum atomic E-state index is 2.72. The number of para-hydroxylation sites is 1. The third kappa shape index (κ3) is 4.96. The predicted molar refractivity (Wildman–Crippen MR) is 254 cm³/mol. The number of fused-ring (bicyclic) bond motifs is 11. The van der Waals surface area contributed by atoms with E-state index in [1.54, 1.807) is 16.7 Å². The average Bonchev–Trinajstić information content (AvgIpc) is 3.88. The number of benzene rings is 5. The summed E-state index contributed by atoms with van der Waals surface area (Å²) < 4.78 is 5.86. The first-order chi connectivity index (χ1) is 27.6. The molecule has 12 rings (SSSR count). The van der Waals surface area contributed by atoms with Crippen molar-refractivity contribution in [2.45, 2.75) is 112 Å². The molecule has 0 N–H and O–H groups in total. The Morgan fingerprint density at radius 1 is 0.517 bits per heavy atom. The van der Waals surface area contributed by atoms with Crippen LogP contribution in [0.4, 0.5) is 34.1 Å². The van der Waals surface area contributed by atoms with Crippen LogP contribution in [0.25, 0.3) is 20.2 Å². The van der Waals surface area contributed by atoms with Gasteiger partial charge in [-0.05, 0) is 172 Å². The van der Waals surface area contributed by atoms with Crippen molar-refractivity contribution < 1.29 is 0 Å². The molecular formula is C53H53BN2S2. The maximum Gasteiger partial charge on any atom is 0.277 e. The molecule has 2 aliphatic heterocycles. The molecule has 4 heterocycles. The number of nitrogens with zero attached hydrogens (tertiary/aromatic N) is 2. The molecule has 0 radical (unpaired) electrons. The Labute approximate surface area is 353 Å². The summed E-state index contributed by atoms with van der Waals surface area (Å²) >= 11 is 4.14. The Bertz CT molecular complexity index is 2940. The Kier molecular flexibility index (Phi) is 7.05. The Morgan fingerprint density at radius 2 is 1.00 bits per heavy atom. The van der Waals surface area contributed by atoms with Gasteiger partial charge in [0.05, 0.1) is 11.4 Å². The zero-order valence-corrected chi connectivity index (χ0v) is 37.2. The van der Waals surface area contributed by atoms with Gasteiger partial charge < -0.3 is 9.80 Å². The van der Waals surface area contributed by atoms with Crippen molar-refractivity contribution in [3.63, 3.8) is 0 Å². The summed E-state index contributed by atoms with van der Waals surface area (Å²) in [6, 6.07) is 34.2. The lowest BCUT2D eigenvalue weighted by Crippen LogP contribution is -2.59. The van der Waals surface area contributed by atoms with E-state index < -0.39 is 0 Å². The highest BCUT2D eigenvalue weighted by atomic mass is 32.1. The van der Waals surface area contributed by atoms with Crippen LogP contribution in [-0.4, -0.2) is 6.71 Å². The number of aryl methyl sites for hydroxylation is 1. The van der Waals surface area contributed by atoms with Gasteiger partial charge in [0.15, 0.2) is 0 Å². The highest BCUT2D eigenvalue weighted by molar-refractivity contribution is 7.40. The highest BCUT2D eigenvalue weighted by Gasteiger charge is 2.48. The summed E-state index contributed by atoms with van der Waals surface area (Å²) in [5.41, 5.74) is 20.9. The number of hydrogen-bond donors (Lipinski definition) is 0. The fourth-order valence-electron chi connectivity index (χ4n) is 12.0. The molecule has 3 aliphatic carbocycles. The van der Waals surface area contributed by atoms with Crippen LogP contribution in [-0.2, 0) is 36.5 Å². The summed E-state index contributed by atoms with van der Waals surface area (Å²) in [6.07, 6.45) is 7.01. The van der Waals surface area contributed by atoms with Crippen molar-refractivity contribution in [1.29, 1.82) is 0 Å². The third-order valence-corrected chi connectivity index (χ3v) is 17.2. The Hall–Kier alpha value is -4.32. The second-order valence-electron chi connectivity index (χ2n) is 21.6. The zero-order valence-electron chi connectivity index (χ0n) is 35.6. The van der Waals surface area contributed by atoms with E-state index >= 15 is 0 Å². The molecule has 0 amide bonds. The normalized spacial score (nSPS) is 19.8. The molecule has 290 valence electrons. The molecule has 5 heteroatoms. The first kappa shape index (κ1) is 35.6. The number of hydrogen-bond acceptors (Lipinski definition) is 4. The lowest BCUT2D eigenvalue weighted by molar-refractivity contribution is 0.332. The molecule has 0 spiro atoms. The van der Waals surface area contributed by atoms with Crippen molar-refractivity contribution in [3.8, 4) is 0 Å². The summed E-state index contributed by atoms with van der Waals surface area (Å²) in [6.45, 7) is 22.1. The fraction of sp³-hybridized carbons (Fsp3) is 0.358. The lowest BCUT2D eigenvalue weighted by atomic mass is 9.39. The summed E-state index contributed by atoms with van der Waals surface area (Å²) in [7, 11) is 0. The third-order valence-electron chi connectivity index (χ3n) is 14.8. The molecule has 2 nitrogen and oxygen atoms in total. The van der Waals surface area contributed by atoms with Gasteiger partial charge in [0.2, 0.25) is 0 Å². The summed E-state index contributed by atoms with van der Waals surface area (Å²) in [5.74, 6) is 0. The van der Waals surface area contributed by atoms with Crippen LogP contribution < -0.4 is 24.8 Å². The first-order valence-electron chi connectivity index (χ1n) is 21.7. The van der Waals surface area contributed by atoms with Crippen molar-refractivity contribution in [2.75, 3.05) is 9.80 Å². The monoisotopic (exact) mass is 792 g/mol. The minimum Gasteiger partial charge on any atom is -0.310 e. The van der Waals surface area contributed by atoms with Crippen LogP contribution >= 0.6 is 22.7 Å². The standard InChI is InChI=1S/C53H53BN2S2/c1-30-19-41-45-42(20-30)56(36-15-16-39-40(25-36)53(8,9)18-17-52(39,6)7)47-38-22-32-27-51(4,5)29-34(32)24-44(38)58-49(47)54(45)48-46(55(41)35-13-11-10-12-14-35)37-21-31-26-50(2,3)28-33(31)23-43(37)57-48/h10-16,19-25H,17-18,26-29H2,1-9H3. The number of thiophene rings is 2. The fourth-order valence-corrected chi connectivity index (χ4v) is 14.8. The first-order valence-corrected chi connectivity index (χ1v) is 23.3. The minimum absolute atomic E-state index is 0.114. The van der Waals surface area contributed by atoms with E-state index in [2.05, 4.69) is 180 Å². The topological polar surface area (TPSA) is 6.48 Å². The van der Waals surface area contributed by atoms with E-state index in [4.69, 9.17) is 0 Å². The second-order valence-corrected chi connectivity index (χ2v) is 23.7. The molecule has 7 aromatic rings. The molecule has 0 saturated heterocycles. The summed E-state index contributed by atoms with van der Waals surface area (Å²) in [4.78, 5) is 5.37. The molecule has 2 aromatic heterocycles. The van der Waals surface area contributed by atoms with E-state index in [-0.39, 0.29) is 17.5 Å². The van der Waals surface area contributed by atoms with Crippen molar-refractivity contribution in [3.05, 3.63) is 124 Å². The highest BCUT2D eigenvalue weighted by Crippen LogP contribution is 2.54. The molecular weight excluding hydrogens is 740 g/mol. The van der Waals surface area contributed by atoms with E-state index in [0.717, 1.165) is 25.7 Å². The lowest BCUT2D eigenvalue weighted by Gasteiger charge is -2.44. The van der Waals surface area contributed by atoms with Gasteiger partial charge in [0.25, 0.3) is 6.71 Å². The Balaban J connectivity index is 1.19. The minimum atomic E-state index is 0.114. The molecule has 5 aliphatic rings. The van der Waals surface area contributed by atoms with Gasteiger partial charge in [-0.2, -0.15) is 0 Å². The number of rotatable bonds is 2. The van der Waals surface area contributed by atoms with E-state index in [9.17, 15) is 0 Å². The van der Waals surface area contributed by atoms with Crippen molar-refractivity contribution >= 4 is 98.7 Å². The van der Waals surface area contributed by atoms with Gasteiger partial charge in [0.1, 0.15) is 0 Å². The summed E-state index contributed by atoms with van der Waals surface area (Å²) in [5, 5.41) is 2.84. The quantitative estimate of drug-likeness (QED) is 0.161. The van der Waals surface area contributed by atoms with Crippen LogP contribution in [0, 0.1) is 17.8 Å². The molecule has 0 fully saturated rings. The predicted octanol–water partition coefficient (Wildman–Crippen LogP) is 13.1. The molecule has 0 saturated carbocycles. The van der Waals surface area contributed by atoms with Crippen LogP contribution in [0.3, 0.4) is 0 Å². The van der Waals surface area contributed by atoms with Crippen LogP contribution in [0.5, 0.6) is 0 Å². The van der Waals surface area contributed by atoms with Crippen molar-refractivity contribution in [1.82, 2.24) is 0 Å². The largest absolute Gasteiger partial charge is 0.310 e. The number of anilines is 6. The smallest absolute Gasteiger partial charge is 0.277 e. The van der Waals surface area contributed by atoms with Gasteiger partial charge in [0, 0.05) is 52.5 Å². The average molecular weight is 793 g/mol. The van der Waals surface area contributed by atoms with Crippen LogP contribution in [0.2, 0.25) is 0 Å². The van der Waals surface area contributed by atoms with Crippen molar-refractivity contribution in [2.24, 2.45) is 10.8 Å². The van der Waals surface area contributed by atoms with Crippen LogP contribution in [0.1, 0.15) is 107 Å². The van der Waals surface area contributed by atoms with Crippen LogP contribution in [0.15, 0.2) is 84.9 Å². The zero-order chi connectivity index (χ0) is 39.8. The maximum absolute atomic E-state index is 2.72. The SMILES string of the molecule is Cc1cc2c3c(c1)N(c1ccc4c(c1)C(C)(C)CCC4(C)C)c1c(sc4cc5c(cc14)CC(C)(C)C5)B3c1sc3cc4c(cc3c1N2c1ccccc1)CC(C)(C)C4. The molecule has 0 atom stereocenters. The van der Waals surface area contributed by atoms with Gasteiger partial charge >= 0.3 is 0 Å².